The van der Waals surface area contributed by atoms with Crippen LogP contribution in [-0.2, 0) is 34.1 Å². The Bertz CT molecular complexity index is 1130. The lowest BCUT2D eigenvalue weighted by atomic mass is 10.0. The maximum atomic E-state index is 13.7. The second kappa shape index (κ2) is 18.5. The molecular formula is C32H41N3O7. The highest BCUT2D eigenvalue weighted by Gasteiger charge is 2.24. The van der Waals surface area contributed by atoms with Crippen LogP contribution in [0.5, 0.6) is 5.75 Å². The number of carbonyl (C=O) groups is 2. The van der Waals surface area contributed by atoms with Crippen LogP contribution in [0.25, 0.3) is 0 Å². The Morgan fingerprint density at radius 1 is 0.786 bits per heavy atom. The first-order valence-corrected chi connectivity index (χ1v) is 14.2. The van der Waals surface area contributed by atoms with Gasteiger partial charge in [0.25, 0.3) is 0 Å². The van der Waals surface area contributed by atoms with Crippen LogP contribution in [0, 0.1) is 0 Å². The summed E-state index contributed by atoms with van der Waals surface area (Å²) in [6.45, 7) is 3.00. The summed E-state index contributed by atoms with van der Waals surface area (Å²) >= 11 is 0. The van der Waals surface area contributed by atoms with Crippen molar-refractivity contribution in [3.63, 3.8) is 0 Å². The summed E-state index contributed by atoms with van der Waals surface area (Å²) < 4.78 is 5.66. The number of hydrogen-bond acceptors (Lipinski definition) is 7. The second-order valence-corrected chi connectivity index (χ2v) is 10.0. The van der Waals surface area contributed by atoms with E-state index in [4.69, 9.17) is 15.3 Å². The van der Waals surface area contributed by atoms with Gasteiger partial charge in [0.05, 0.1) is 0 Å². The third-order valence-electron chi connectivity index (χ3n) is 6.60. The van der Waals surface area contributed by atoms with Gasteiger partial charge < -0.3 is 20.3 Å². The second-order valence-electron chi connectivity index (χ2n) is 10.0. The summed E-state index contributed by atoms with van der Waals surface area (Å²) in [5.41, 5.74) is 2.77. The lowest BCUT2D eigenvalue weighted by molar-refractivity contribution is -0.286. The first-order valence-electron chi connectivity index (χ1n) is 14.2. The van der Waals surface area contributed by atoms with Gasteiger partial charge in [-0.05, 0) is 35.2 Å². The lowest BCUT2D eigenvalue weighted by Gasteiger charge is -2.27. The molecule has 0 spiro atoms. The molecule has 4 N–H and O–H groups in total. The molecule has 3 aromatic rings. The summed E-state index contributed by atoms with van der Waals surface area (Å²) in [5, 5.41) is 23.4. The predicted octanol–water partition coefficient (Wildman–Crippen LogP) is 5.04. The first-order chi connectivity index (χ1) is 20.5. The molecule has 0 fully saturated rings. The standard InChI is InChI=1S/C32H41N3O7/c1-2-3-10-19-33-31(36)30(20-25-15-17-28(18-16-25)42-29(23-40-38)24-41-39)34-32(37)35(21-26-11-6-4-7-12-26)22-27-13-8-5-9-14-27/h4-9,11-18,29-30,38-39H,2-3,10,19-24H2,1H3,(H,33,36)(H,34,37). The Balaban J connectivity index is 1.75. The zero-order valence-electron chi connectivity index (χ0n) is 24.0. The van der Waals surface area contributed by atoms with Crippen LogP contribution in [0.1, 0.15) is 42.9 Å². The molecule has 226 valence electrons. The number of carbonyl (C=O) groups excluding carboxylic acids is 2. The zero-order valence-corrected chi connectivity index (χ0v) is 24.0. The number of ether oxygens (including phenoxy) is 1. The Kier molecular flexibility index (Phi) is 14.3. The third kappa shape index (κ3) is 11.5. The van der Waals surface area contributed by atoms with E-state index >= 15 is 0 Å². The van der Waals surface area contributed by atoms with Gasteiger partial charge in [0.15, 0.2) is 6.10 Å². The number of nitrogens with one attached hydrogen (secondary N) is 2. The van der Waals surface area contributed by atoms with Gasteiger partial charge in [0.1, 0.15) is 25.0 Å². The van der Waals surface area contributed by atoms with Crippen LogP contribution in [-0.4, -0.2) is 59.3 Å². The van der Waals surface area contributed by atoms with Crippen LogP contribution in [0.2, 0.25) is 0 Å². The van der Waals surface area contributed by atoms with Gasteiger partial charge >= 0.3 is 6.03 Å². The van der Waals surface area contributed by atoms with E-state index in [-0.39, 0.29) is 31.6 Å². The highest BCUT2D eigenvalue weighted by Crippen LogP contribution is 2.17. The number of unbranched alkanes of at least 4 members (excludes halogenated alkanes) is 2. The number of amides is 3. The quantitative estimate of drug-likeness (QED) is 0.0944. The SMILES string of the molecule is CCCCCNC(=O)C(Cc1ccc(OC(COO)COO)cc1)NC(=O)N(Cc1ccccc1)Cc1ccccc1. The van der Waals surface area contributed by atoms with Crippen molar-refractivity contribution in [1.82, 2.24) is 15.5 Å². The molecule has 10 heteroatoms. The van der Waals surface area contributed by atoms with E-state index in [1.807, 2.05) is 60.7 Å². The molecule has 42 heavy (non-hydrogen) atoms. The molecule has 0 aliphatic carbocycles. The largest absolute Gasteiger partial charge is 0.485 e. The average Bonchev–Trinajstić information content (AvgIpc) is 3.01. The smallest absolute Gasteiger partial charge is 0.318 e. The normalized spacial score (nSPS) is 11.6. The molecule has 0 heterocycles. The zero-order chi connectivity index (χ0) is 30.0. The topological polar surface area (TPSA) is 130 Å². The number of hydrogen-bond donors (Lipinski definition) is 4. The molecule has 0 bridgehead atoms. The van der Waals surface area contributed by atoms with Gasteiger partial charge in [0, 0.05) is 26.1 Å². The van der Waals surface area contributed by atoms with Crippen molar-refractivity contribution in [2.45, 2.75) is 57.8 Å². The summed E-state index contributed by atoms with van der Waals surface area (Å²) in [5.74, 6) is 0.207. The molecule has 0 aromatic heterocycles. The van der Waals surface area contributed by atoms with Gasteiger partial charge in [-0.25, -0.2) is 14.6 Å². The van der Waals surface area contributed by atoms with Crippen molar-refractivity contribution < 1.29 is 34.6 Å². The van der Waals surface area contributed by atoms with Crippen LogP contribution in [0.4, 0.5) is 4.79 Å². The van der Waals surface area contributed by atoms with Crippen LogP contribution < -0.4 is 15.4 Å². The van der Waals surface area contributed by atoms with Crippen molar-refractivity contribution in [3.8, 4) is 5.75 Å². The van der Waals surface area contributed by atoms with Crippen LogP contribution in [0.3, 0.4) is 0 Å². The van der Waals surface area contributed by atoms with E-state index in [0.29, 0.717) is 25.4 Å². The van der Waals surface area contributed by atoms with Crippen molar-refractivity contribution >= 4 is 11.9 Å². The Morgan fingerprint density at radius 2 is 1.36 bits per heavy atom. The summed E-state index contributed by atoms with van der Waals surface area (Å²) in [4.78, 5) is 36.9. The lowest BCUT2D eigenvalue weighted by Crippen LogP contribution is -2.52. The molecule has 1 unspecified atom stereocenters. The van der Waals surface area contributed by atoms with E-state index in [0.717, 1.165) is 36.0 Å². The molecule has 0 radical (unpaired) electrons. The van der Waals surface area contributed by atoms with Gasteiger partial charge in [-0.3, -0.25) is 15.3 Å². The minimum Gasteiger partial charge on any atom is -0.485 e. The minimum atomic E-state index is -0.807. The Labute approximate surface area is 247 Å². The van der Waals surface area contributed by atoms with E-state index in [1.54, 1.807) is 29.2 Å². The molecule has 3 aromatic carbocycles. The summed E-state index contributed by atoms with van der Waals surface area (Å²) in [6, 6.07) is 25.3. The predicted molar refractivity (Wildman–Crippen MR) is 159 cm³/mol. The fraction of sp³-hybridized carbons (Fsp3) is 0.375. The van der Waals surface area contributed by atoms with E-state index in [9.17, 15) is 9.59 Å². The number of rotatable bonds is 18. The Morgan fingerprint density at radius 3 is 1.88 bits per heavy atom. The minimum absolute atomic E-state index is 0.197. The van der Waals surface area contributed by atoms with E-state index in [1.165, 1.54) is 0 Å². The van der Waals surface area contributed by atoms with Gasteiger partial charge in [-0.15, -0.1) is 0 Å². The molecule has 1 atom stereocenters. The van der Waals surface area contributed by atoms with E-state index in [2.05, 4.69) is 27.3 Å². The van der Waals surface area contributed by atoms with Crippen molar-refractivity contribution in [3.05, 3.63) is 102 Å². The molecule has 0 aliphatic rings. The molecule has 3 rings (SSSR count). The van der Waals surface area contributed by atoms with Gasteiger partial charge in [-0.1, -0.05) is 92.6 Å². The van der Waals surface area contributed by atoms with Crippen molar-refractivity contribution in [2.75, 3.05) is 19.8 Å². The molecule has 10 nitrogen and oxygen atoms in total. The highest BCUT2D eigenvalue weighted by molar-refractivity contribution is 5.87. The maximum absolute atomic E-state index is 13.7. The molecule has 0 saturated heterocycles. The van der Waals surface area contributed by atoms with Crippen LogP contribution in [0.15, 0.2) is 84.9 Å². The maximum Gasteiger partial charge on any atom is 0.318 e. The summed E-state index contributed by atoms with van der Waals surface area (Å²) in [7, 11) is 0. The molecular weight excluding hydrogens is 538 g/mol. The molecule has 0 saturated carbocycles. The highest BCUT2D eigenvalue weighted by atomic mass is 17.1. The van der Waals surface area contributed by atoms with Crippen molar-refractivity contribution in [2.24, 2.45) is 0 Å². The number of benzene rings is 3. The summed E-state index contributed by atoms with van der Waals surface area (Å²) in [6.07, 6.45) is 2.43. The monoisotopic (exact) mass is 579 g/mol. The average molecular weight is 580 g/mol. The van der Waals surface area contributed by atoms with Crippen molar-refractivity contribution in [1.29, 1.82) is 0 Å². The number of nitrogens with zero attached hydrogens (tertiary/aromatic N) is 1. The van der Waals surface area contributed by atoms with E-state index < -0.39 is 12.1 Å². The number of urea groups is 1. The Hall–Kier alpha value is -3.96. The first kappa shape index (κ1) is 32.6. The van der Waals surface area contributed by atoms with Gasteiger partial charge in [0.2, 0.25) is 5.91 Å². The third-order valence-corrected chi connectivity index (χ3v) is 6.60. The molecule has 0 aliphatic heterocycles. The van der Waals surface area contributed by atoms with Crippen LogP contribution >= 0.6 is 0 Å². The fourth-order valence-electron chi connectivity index (χ4n) is 4.38. The fourth-order valence-corrected chi connectivity index (χ4v) is 4.38. The molecule has 3 amide bonds. The van der Waals surface area contributed by atoms with Gasteiger partial charge in [-0.2, -0.15) is 0 Å².